The standard InChI is InChI=1S/C56H90N12O21/c1-25(2)17-13-11-12-14-19-35(69)62-40(29(8)53(82)83)49(78)66-42(50(79)65-39(27(5)6)55(86)87)31(10)60-47(76)34-21-28(7)24-68(34)52(81)38(26(3)4)64-48(77)41(30(9)54(84)85)63-36(70)23-59-46(75)33(22-37(71)72)61-51(80)43(44(73)56(88)89)67-45(74)32(58)18-15-16-20-57/h11-12,14,19,25-34,38-44,73H,13,15-18,20-24,57-58H2,1-10H3,(H,59,75)(H,60,76)(H,61,80)(H,62,69)(H,63,70)(H,64,77)(H,65,79)(H,66,78)(H,67,74)(H,71,72)(H,82,83)(H,84,85)(H,86,87)(H,88,89)/b12-11-,19-14+/t28-,29?,30?,31?,32+,33+,34+,38+,39-,40+,41-,42+,43+,44?/m1/s1. The Bertz CT molecular complexity index is 2610. The molecule has 0 spiro atoms. The SMILES string of the molecule is CC(C)CC/C=C\C=C\C(=O)N[C@H](C(=O)N[C@H](C(=O)N[C@@H](C(=O)O)C(C)C)C(C)NC(=O)[C@@H]1C[C@@H](C)CN1C(=O)[C@@H](NC(=O)[C@H](NC(=O)CNC(=O)[C@H](CC(=O)O)NC(=O)[C@@H](NC(=O)[C@@H](N)CCCCN)C(O)C(=O)O)C(C)C(=O)O)C(C)C)C(C)C(=O)O. The van der Waals surface area contributed by atoms with Crippen molar-refractivity contribution in [2.24, 2.45) is 47.0 Å². The van der Waals surface area contributed by atoms with Gasteiger partial charge in [-0.3, -0.25) is 62.3 Å². The first-order chi connectivity index (χ1) is 41.4. The molecule has 0 bridgehead atoms. The minimum absolute atomic E-state index is 0.0246. The quantitative estimate of drug-likeness (QED) is 0.0158. The van der Waals surface area contributed by atoms with Crippen LogP contribution >= 0.6 is 0 Å². The number of carboxylic acid groups (broad SMARTS) is 5. The van der Waals surface area contributed by atoms with Crippen LogP contribution in [0.15, 0.2) is 24.3 Å². The Kier molecular flexibility index (Phi) is 33.4. The molecule has 33 nitrogen and oxygen atoms in total. The molecule has 500 valence electrons. The zero-order valence-corrected chi connectivity index (χ0v) is 51.6. The van der Waals surface area contributed by atoms with E-state index in [4.69, 9.17) is 11.5 Å². The van der Waals surface area contributed by atoms with Gasteiger partial charge in [-0.05, 0) is 83.1 Å². The van der Waals surface area contributed by atoms with E-state index in [-0.39, 0.29) is 25.9 Å². The Hall–Kier alpha value is -8.59. The summed E-state index contributed by atoms with van der Waals surface area (Å²) in [5.41, 5.74) is 11.3. The summed E-state index contributed by atoms with van der Waals surface area (Å²) in [4.78, 5) is 198. The molecule has 0 saturated carbocycles. The second-order valence-corrected chi connectivity index (χ2v) is 23.0. The van der Waals surface area contributed by atoms with Gasteiger partial charge in [0.15, 0.2) is 6.10 Å². The van der Waals surface area contributed by atoms with Crippen molar-refractivity contribution in [1.29, 1.82) is 0 Å². The summed E-state index contributed by atoms with van der Waals surface area (Å²) in [6, 6.07) is -17.5. The summed E-state index contributed by atoms with van der Waals surface area (Å²) in [7, 11) is 0. The van der Waals surface area contributed by atoms with Crippen LogP contribution in [0, 0.1) is 35.5 Å². The smallest absolute Gasteiger partial charge is 0.335 e. The predicted molar refractivity (Wildman–Crippen MR) is 313 cm³/mol. The average molecular weight is 1270 g/mol. The number of aliphatic hydroxyl groups is 1. The second kappa shape index (κ2) is 38.0. The number of likely N-dealkylation sites (tertiary alicyclic amines) is 1. The second-order valence-electron chi connectivity index (χ2n) is 23.0. The van der Waals surface area contributed by atoms with E-state index in [1.165, 1.54) is 40.7 Å². The van der Waals surface area contributed by atoms with Gasteiger partial charge in [0.2, 0.25) is 59.1 Å². The van der Waals surface area contributed by atoms with Crippen LogP contribution in [0.4, 0.5) is 0 Å². The lowest BCUT2D eigenvalue weighted by Crippen LogP contribution is -2.64. The highest BCUT2D eigenvalue weighted by Gasteiger charge is 2.45. The maximum Gasteiger partial charge on any atom is 0.335 e. The highest BCUT2D eigenvalue weighted by molar-refractivity contribution is 6.01. The van der Waals surface area contributed by atoms with Crippen LogP contribution in [-0.2, 0) is 71.9 Å². The molecular weight excluding hydrogens is 1180 g/mol. The lowest BCUT2D eigenvalue weighted by atomic mass is 9.97. The number of unbranched alkanes of at least 4 members (excludes halogenated alkanes) is 1. The number of nitrogens with zero attached hydrogens (tertiary/aromatic N) is 1. The molecule has 1 aliphatic rings. The third-order valence-corrected chi connectivity index (χ3v) is 14.3. The number of aliphatic carboxylic acids is 5. The van der Waals surface area contributed by atoms with E-state index in [1.54, 1.807) is 19.1 Å². The topological polar surface area (TPSA) is 541 Å². The Morgan fingerprint density at radius 3 is 1.58 bits per heavy atom. The molecule has 1 heterocycles. The van der Waals surface area contributed by atoms with Gasteiger partial charge in [0, 0.05) is 12.6 Å². The van der Waals surface area contributed by atoms with Crippen LogP contribution in [-0.4, -0.2) is 211 Å². The van der Waals surface area contributed by atoms with Gasteiger partial charge in [-0.25, -0.2) is 9.59 Å². The van der Waals surface area contributed by atoms with Gasteiger partial charge in [0.25, 0.3) is 0 Å². The van der Waals surface area contributed by atoms with Crippen LogP contribution in [0.2, 0.25) is 0 Å². The molecule has 0 aromatic heterocycles. The van der Waals surface area contributed by atoms with Crippen LogP contribution in [0.25, 0.3) is 0 Å². The number of amides is 10. The molecule has 89 heavy (non-hydrogen) atoms. The number of nitrogens with one attached hydrogen (secondary N) is 9. The first-order valence-corrected chi connectivity index (χ1v) is 29.0. The molecule has 10 amide bonds. The number of nitrogens with two attached hydrogens (primary N) is 2. The van der Waals surface area contributed by atoms with Crippen molar-refractivity contribution in [2.75, 3.05) is 19.6 Å². The fourth-order valence-electron chi connectivity index (χ4n) is 8.85. The molecule has 1 aliphatic heterocycles. The minimum Gasteiger partial charge on any atom is -0.481 e. The predicted octanol–water partition coefficient (Wildman–Crippen LogP) is -4.00. The summed E-state index contributed by atoms with van der Waals surface area (Å²) in [6.07, 6.45) is 4.30. The number of carbonyl (C=O) groups is 15. The van der Waals surface area contributed by atoms with Crippen LogP contribution in [0.5, 0.6) is 0 Å². The molecule has 0 aromatic rings. The van der Waals surface area contributed by atoms with E-state index in [0.29, 0.717) is 25.2 Å². The number of hydrogen-bond acceptors (Lipinski definition) is 18. The van der Waals surface area contributed by atoms with E-state index in [1.807, 2.05) is 29.8 Å². The van der Waals surface area contributed by atoms with Crippen molar-refractivity contribution >= 4 is 88.9 Å². The van der Waals surface area contributed by atoms with Crippen LogP contribution < -0.4 is 59.3 Å². The monoisotopic (exact) mass is 1270 g/mol. The van der Waals surface area contributed by atoms with Gasteiger partial charge in [-0.2, -0.15) is 0 Å². The molecule has 19 N–H and O–H groups in total. The van der Waals surface area contributed by atoms with Crippen molar-refractivity contribution in [2.45, 2.75) is 181 Å². The third kappa shape index (κ3) is 26.3. The number of rotatable bonds is 39. The Morgan fingerprint density at radius 2 is 1.08 bits per heavy atom. The molecular formula is C56H90N12O21. The van der Waals surface area contributed by atoms with Crippen molar-refractivity contribution in [3.8, 4) is 0 Å². The zero-order valence-electron chi connectivity index (χ0n) is 51.6. The van der Waals surface area contributed by atoms with E-state index < -0.39 is 198 Å². The van der Waals surface area contributed by atoms with Crippen molar-refractivity contribution in [3.63, 3.8) is 0 Å². The Labute approximate surface area is 514 Å². The van der Waals surface area contributed by atoms with Gasteiger partial charge in [0.05, 0.1) is 36.9 Å². The molecule has 1 saturated heterocycles. The molecule has 4 unspecified atom stereocenters. The van der Waals surface area contributed by atoms with Gasteiger partial charge in [0.1, 0.15) is 48.3 Å². The highest BCUT2D eigenvalue weighted by atomic mass is 16.4. The molecule has 33 heteroatoms. The minimum atomic E-state index is -2.65. The number of aliphatic hydroxyl groups excluding tert-OH is 1. The van der Waals surface area contributed by atoms with Gasteiger partial charge >= 0.3 is 29.8 Å². The average Bonchev–Trinajstić information content (AvgIpc) is 2.47. The molecule has 0 aliphatic carbocycles. The molecule has 0 radical (unpaired) electrons. The van der Waals surface area contributed by atoms with E-state index in [9.17, 15) is 103 Å². The fraction of sp³-hybridized carbons (Fsp3) is 0.661. The fourth-order valence-corrected chi connectivity index (χ4v) is 8.85. The molecule has 1 rings (SSSR count). The lowest BCUT2D eigenvalue weighted by Gasteiger charge is -2.33. The van der Waals surface area contributed by atoms with E-state index in [2.05, 4.69) is 31.9 Å². The zero-order chi connectivity index (χ0) is 68.3. The van der Waals surface area contributed by atoms with Gasteiger partial charge < -0.3 is 94.9 Å². The highest BCUT2D eigenvalue weighted by Crippen LogP contribution is 2.26. The van der Waals surface area contributed by atoms with E-state index >= 15 is 0 Å². The largest absolute Gasteiger partial charge is 0.481 e. The van der Waals surface area contributed by atoms with Gasteiger partial charge in [-0.1, -0.05) is 73.1 Å². The van der Waals surface area contributed by atoms with Crippen molar-refractivity contribution in [1.82, 2.24) is 52.8 Å². The van der Waals surface area contributed by atoms with E-state index in [0.717, 1.165) is 31.2 Å². The summed E-state index contributed by atoms with van der Waals surface area (Å²) >= 11 is 0. The lowest BCUT2D eigenvalue weighted by molar-refractivity contribution is -0.152. The summed E-state index contributed by atoms with van der Waals surface area (Å²) < 4.78 is 0. The Balaban J connectivity index is 3.53. The number of allylic oxidation sites excluding steroid dienone is 3. The summed E-state index contributed by atoms with van der Waals surface area (Å²) in [6.45, 7) is 14.0. The van der Waals surface area contributed by atoms with Crippen molar-refractivity contribution < 1.29 is 103 Å². The summed E-state index contributed by atoms with van der Waals surface area (Å²) in [5, 5.41) is 79.0. The molecule has 1 fully saturated rings. The first kappa shape index (κ1) is 78.4. The van der Waals surface area contributed by atoms with Gasteiger partial charge in [-0.15, -0.1) is 0 Å². The Morgan fingerprint density at radius 1 is 0.562 bits per heavy atom. The summed E-state index contributed by atoms with van der Waals surface area (Å²) in [5.74, 6) is -25.1. The first-order valence-electron chi connectivity index (χ1n) is 29.0. The maximum atomic E-state index is 14.6. The normalized spacial score (nSPS) is 18.1. The van der Waals surface area contributed by atoms with Crippen LogP contribution in [0.3, 0.4) is 0 Å². The number of carboxylic acids is 5. The molecule has 0 aromatic carbocycles. The number of carbonyl (C=O) groups excluding carboxylic acids is 10. The van der Waals surface area contributed by atoms with Crippen LogP contribution in [0.1, 0.15) is 114 Å². The van der Waals surface area contributed by atoms with Crippen molar-refractivity contribution in [3.05, 3.63) is 24.3 Å². The third-order valence-electron chi connectivity index (χ3n) is 14.3. The number of hydrogen-bond donors (Lipinski definition) is 17. The maximum absolute atomic E-state index is 14.6. The molecule has 14 atom stereocenters.